The van der Waals surface area contributed by atoms with Crippen molar-refractivity contribution in [3.05, 3.63) is 130 Å². The molecule has 3 heterocycles. The Hall–Kier alpha value is -5.42. The fraction of sp³-hybridized carbons (Fsp3) is 0.176. The van der Waals surface area contributed by atoms with Gasteiger partial charge in [0.25, 0.3) is 5.69 Å². The molecule has 5 aromatic rings. The van der Waals surface area contributed by atoms with Gasteiger partial charge in [-0.1, -0.05) is 6.07 Å². The highest BCUT2D eigenvalue weighted by Crippen LogP contribution is 2.45. The second kappa shape index (κ2) is 12.3. The lowest BCUT2D eigenvalue weighted by Crippen LogP contribution is -2.29. The van der Waals surface area contributed by atoms with Gasteiger partial charge in [-0.3, -0.25) is 15.1 Å². The van der Waals surface area contributed by atoms with Crippen LogP contribution in [0.5, 0.6) is 23.0 Å². The number of methoxy groups -OCH3 is 2. The molecule has 0 aliphatic carbocycles. The summed E-state index contributed by atoms with van der Waals surface area (Å²) < 4.78 is 19.0. The molecule has 6 rings (SSSR count). The molecule has 1 N–H and O–H groups in total. The summed E-state index contributed by atoms with van der Waals surface area (Å²) in [7, 11) is 3.14. The highest BCUT2D eigenvalue weighted by molar-refractivity contribution is 7.80. The summed E-state index contributed by atoms with van der Waals surface area (Å²) in [5.74, 6) is 2.54. The van der Waals surface area contributed by atoms with E-state index in [9.17, 15) is 10.1 Å². The van der Waals surface area contributed by atoms with Crippen LogP contribution in [0.15, 0.2) is 97.2 Å². The molecule has 1 aliphatic rings. The largest absolute Gasteiger partial charge is 0.497 e. The van der Waals surface area contributed by atoms with Crippen LogP contribution in [0.25, 0.3) is 5.69 Å². The van der Waals surface area contributed by atoms with Gasteiger partial charge in [-0.05, 0) is 104 Å². The third-order valence-corrected chi connectivity index (χ3v) is 8.23. The number of ether oxygens (including phenoxy) is 3. The van der Waals surface area contributed by atoms with Gasteiger partial charge in [0.15, 0.2) is 5.11 Å². The zero-order chi connectivity index (χ0) is 31.7. The van der Waals surface area contributed by atoms with Gasteiger partial charge < -0.3 is 29.0 Å². The lowest BCUT2D eigenvalue weighted by molar-refractivity contribution is -0.384. The minimum absolute atomic E-state index is 0.0376. The molecule has 2 aromatic heterocycles. The number of anilines is 1. The number of pyridine rings is 1. The Kier molecular flexibility index (Phi) is 8.10. The van der Waals surface area contributed by atoms with Gasteiger partial charge in [-0.25, -0.2) is 0 Å². The van der Waals surface area contributed by atoms with E-state index in [2.05, 4.69) is 25.8 Å². The number of non-ortho nitro benzene ring substituents is 1. The van der Waals surface area contributed by atoms with Crippen LogP contribution in [-0.4, -0.2) is 33.8 Å². The maximum Gasteiger partial charge on any atom is 0.273 e. The van der Waals surface area contributed by atoms with Crippen LogP contribution < -0.4 is 24.4 Å². The first-order chi connectivity index (χ1) is 21.8. The lowest BCUT2D eigenvalue weighted by Gasteiger charge is -2.28. The van der Waals surface area contributed by atoms with Crippen molar-refractivity contribution in [2.75, 3.05) is 19.1 Å². The standard InChI is InChI=1S/C34H31N5O5S/c1-21-19-28(22(2)37(21)30-17-10-24(39(40)41)20-31(30)43-4)33-32(29-7-5-6-18-35-29)36-34(45)38(33)23-8-11-26(12-9-23)44-27-15-13-25(42-3)14-16-27/h5-20,32-33H,1-4H3,(H,36,45)/t32-,33-/m0/s1. The maximum atomic E-state index is 11.4. The number of nitro benzene ring substituents is 1. The minimum Gasteiger partial charge on any atom is -0.497 e. The summed E-state index contributed by atoms with van der Waals surface area (Å²) in [6, 6.07) is 27.3. The van der Waals surface area contributed by atoms with Crippen molar-refractivity contribution < 1.29 is 19.1 Å². The number of thiocarbonyl (C=S) groups is 1. The Morgan fingerprint density at radius 2 is 1.58 bits per heavy atom. The van der Waals surface area contributed by atoms with Crippen LogP contribution in [0.2, 0.25) is 0 Å². The monoisotopic (exact) mass is 621 g/mol. The fourth-order valence-electron chi connectivity index (χ4n) is 5.83. The number of hydrogen-bond donors (Lipinski definition) is 1. The predicted octanol–water partition coefficient (Wildman–Crippen LogP) is 7.38. The molecule has 228 valence electrons. The Bertz CT molecular complexity index is 1860. The smallest absolute Gasteiger partial charge is 0.273 e. The molecule has 1 fully saturated rings. The Morgan fingerprint density at radius 1 is 0.889 bits per heavy atom. The van der Waals surface area contributed by atoms with Crippen LogP contribution in [0, 0.1) is 24.0 Å². The van der Waals surface area contributed by atoms with Crippen molar-refractivity contribution in [3.8, 4) is 28.7 Å². The highest BCUT2D eigenvalue weighted by Gasteiger charge is 2.42. The van der Waals surface area contributed by atoms with Gasteiger partial charge >= 0.3 is 0 Å². The first-order valence-electron chi connectivity index (χ1n) is 14.2. The highest BCUT2D eigenvalue weighted by atomic mass is 32.1. The van der Waals surface area contributed by atoms with E-state index >= 15 is 0 Å². The molecular formula is C34H31N5O5S. The summed E-state index contributed by atoms with van der Waals surface area (Å²) in [6.07, 6.45) is 1.77. The molecule has 1 aliphatic heterocycles. The number of nitro groups is 1. The minimum atomic E-state index is -0.430. The predicted molar refractivity (Wildman–Crippen MR) is 176 cm³/mol. The van der Waals surface area contributed by atoms with E-state index in [1.54, 1.807) is 19.4 Å². The zero-order valence-electron chi connectivity index (χ0n) is 25.1. The number of benzene rings is 3. The zero-order valence-corrected chi connectivity index (χ0v) is 25.9. The first kappa shape index (κ1) is 29.6. The average molecular weight is 622 g/mol. The van der Waals surface area contributed by atoms with E-state index < -0.39 is 4.92 Å². The molecule has 11 heteroatoms. The summed E-state index contributed by atoms with van der Waals surface area (Å²) in [5, 5.41) is 15.5. The molecule has 0 bridgehead atoms. The van der Waals surface area contributed by atoms with E-state index in [0.29, 0.717) is 28.0 Å². The van der Waals surface area contributed by atoms with Crippen molar-refractivity contribution in [2.45, 2.75) is 25.9 Å². The van der Waals surface area contributed by atoms with Gasteiger partial charge in [0.1, 0.15) is 23.0 Å². The number of nitrogens with zero attached hydrogens (tertiary/aromatic N) is 4. The van der Waals surface area contributed by atoms with Crippen LogP contribution in [0.1, 0.15) is 34.7 Å². The summed E-state index contributed by atoms with van der Waals surface area (Å²) >= 11 is 5.95. The van der Waals surface area contributed by atoms with E-state index in [0.717, 1.165) is 34.1 Å². The molecule has 2 atom stereocenters. The Morgan fingerprint density at radius 3 is 2.20 bits per heavy atom. The van der Waals surface area contributed by atoms with Gasteiger partial charge in [0.05, 0.1) is 48.7 Å². The second-order valence-electron chi connectivity index (χ2n) is 10.5. The number of nitrogens with one attached hydrogen (secondary N) is 1. The molecule has 0 amide bonds. The topological polar surface area (TPSA) is 104 Å². The summed E-state index contributed by atoms with van der Waals surface area (Å²) in [4.78, 5) is 17.8. The van der Waals surface area contributed by atoms with E-state index in [4.69, 9.17) is 26.4 Å². The first-order valence-corrected chi connectivity index (χ1v) is 14.6. The summed E-state index contributed by atoms with van der Waals surface area (Å²) in [6.45, 7) is 4.04. The number of hydrogen-bond acceptors (Lipinski definition) is 7. The van der Waals surface area contributed by atoms with Crippen molar-refractivity contribution in [3.63, 3.8) is 0 Å². The second-order valence-corrected chi connectivity index (χ2v) is 10.9. The molecule has 45 heavy (non-hydrogen) atoms. The normalized spacial score (nSPS) is 15.9. The molecule has 1 saturated heterocycles. The Balaban J connectivity index is 1.40. The maximum absolute atomic E-state index is 11.4. The molecule has 10 nitrogen and oxygen atoms in total. The third-order valence-electron chi connectivity index (χ3n) is 7.91. The molecule has 0 spiro atoms. The van der Waals surface area contributed by atoms with Crippen molar-refractivity contribution in [2.24, 2.45) is 0 Å². The van der Waals surface area contributed by atoms with E-state index in [1.165, 1.54) is 19.2 Å². The number of rotatable bonds is 9. The van der Waals surface area contributed by atoms with Crippen LogP contribution in [0.3, 0.4) is 0 Å². The van der Waals surface area contributed by atoms with Crippen molar-refractivity contribution in [1.29, 1.82) is 0 Å². The van der Waals surface area contributed by atoms with Crippen molar-refractivity contribution in [1.82, 2.24) is 14.9 Å². The van der Waals surface area contributed by atoms with Gasteiger partial charge in [-0.2, -0.15) is 0 Å². The van der Waals surface area contributed by atoms with Gasteiger partial charge in [0, 0.05) is 29.3 Å². The quantitative estimate of drug-likeness (QED) is 0.103. The van der Waals surface area contributed by atoms with Crippen LogP contribution in [0.4, 0.5) is 11.4 Å². The number of aryl methyl sites for hydroxylation is 1. The summed E-state index contributed by atoms with van der Waals surface area (Å²) in [5.41, 5.74) is 5.31. The molecule has 3 aromatic carbocycles. The number of aromatic nitrogens is 2. The van der Waals surface area contributed by atoms with Gasteiger partial charge in [-0.15, -0.1) is 0 Å². The molecule has 0 unspecified atom stereocenters. The molecule has 0 radical (unpaired) electrons. The molecule has 0 saturated carbocycles. The van der Waals surface area contributed by atoms with Crippen LogP contribution >= 0.6 is 12.2 Å². The average Bonchev–Trinajstić information content (AvgIpc) is 3.56. The Labute approximate surface area is 266 Å². The lowest BCUT2D eigenvalue weighted by atomic mass is 9.96. The van der Waals surface area contributed by atoms with Crippen LogP contribution in [-0.2, 0) is 0 Å². The van der Waals surface area contributed by atoms with Gasteiger partial charge in [0.2, 0.25) is 0 Å². The third kappa shape index (κ3) is 5.65. The SMILES string of the molecule is COc1ccc(Oc2ccc(N3C(=S)N[C@@H](c4ccccn4)[C@@H]3c3cc(C)n(-c4ccc([N+](=O)[O-])cc4OC)c3C)cc2)cc1. The van der Waals surface area contributed by atoms with E-state index in [1.807, 2.05) is 80.6 Å². The van der Waals surface area contributed by atoms with E-state index in [-0.39, 0.29) is 17.8 Å². The fourth-order valence-corrected chi connectivity index (χ4v) is 6.17. The molecular weight excluding hydrogens is 590 g/mol. The van der Waals surface area contributed by atoms with Crippen molar-refractivity contribution >= 4 is 28.7 Å².